The smallest absolute Gasteiger partial charge is 0.186 e. The fraction of sp³-hybridized carbons (Fsp3) is 0.462. The van der Waals surface area contributed by atoms with Gasteiger partial charge < -0.3 is 10.6 Å². The van der Waals surface area contributed by atoms with E-state index in [1.54, 1.807) is 17.4 Å². The number of nitrogens with two attached hydrogens (primary N) is 1. The molecule has 2 heterocycles. The second-order valence-electron chi connectivity index (χ2n) is 4.73. The number of fused-ring (bicyclic) bond motifs is 1. The number of anilines is 1. The molecule has 1 aromatic carbocycles. The molecule has 0 amide bonds. The summed E-state index contributed by atoms with van der Waals surface area (Å²) in [4.78, 5) is 9.17. The zero-order chi connectivity index (χ0) is 13.2. The monoisotopic (exact) mass is 280 g/mol. The molecule has 6 heteroatoms. The van der Waals surface area contributed by atoms with Crippen LogP contribution in [0.5, 0.6) is 0 Å². The second kappa shape index (κ2) is 5.40. The summed E-state index contributed by atoms with van der Waals surface area (Å²) in [6, 6.07) is 4.79. The molecule has 19 heavy (non-hydrogen) atoms. The van der Waals surface area contributed by atoms with Crippen molar-refractivity contribution in [3.8, 4) is 0 Å². The molecule has 0 bridgehead atoms. The number of piperazine rings is 1. The molecule has 0 saturated carbocycles. The van der Waals surface area contributed by atoms with Gasteiger partial charge in [0.05, 0.1) is 10.2 Å². The van der Waals surface area contributed by atoms with Gasteiger partial charge in [0, 0.05) is 45.3 Å². The Hall–Kier alpha value is -1.24. The molecule has 2 N–H and O–H groups in total. The van der Waals surface area contributed by atoms with E-state index in [1.165, 1.54) is 12.1 Å². The molecule has 102 valence electrons. The lowest BCUT2D eigenvalue weighted by Crippen LogP contribution is -2.47. The zero-order valence-electron chi connectivity index (χ0n) is 10.7. The van der Waals surface area contributed by atoms with Crippen molar-refractivity contribution in [1.82, 2.24) is 9.88 Å². The predicted octanol–water partition coefficient (Wildman–Crippen LogP) is 1.52. The summed E-state index contributed by atoms with van der Waals surface area (Å²) in [5.41, 5.74) is 6.32. The first-order valence-electron chi connectivity index (χ1n) is 6.50. The molecule has 0 atom stereocenters. The van der Waals surface area contributed by atoms with E-state index in [2.05, 4.69) is 14.8 Å². The van der Waals surface area contributed by atoms with Crippen LogP contribution < -0.4 is 10.6 Å². The number of aromatic nitrogens is 1. The van der Waals surface area contributed by atoms with Gasteiger partial charge in [0.2, 0.25) is 0 Å². The van der Waals surface area contributed by atoms with Crippen LogP contribution in [0.25, 0.3) is 10.2 Å². The van der Waals surface area contributed by atoms with Crippen LogP contribution in [0.1, 0.15) is 0 Å². The third-order valence-corrected chi connectivity index (χ3v) is 4.52. The molecule has 4 nitrogen and oxygen atoms in total. The topological polar surface area (TPSA) is 45.4 Å². The van der Waals surface area contributed by atoms with Crippen molar-refractivity contribution >= 4 is 26.7 Å². The number of halogens is 1. The summed E-state index contributed by atoms with van der Waals surface area (Å²) in [6.07, 6.45) is 0. The van der Waals surface area contributed by atoms with Crippen LogP contribution in [0, 0.1) is 5.82 Å². The SMILES string of the molecule is NCCN1CCN(c2nc3cc(F)ccc3s2)CC1. The normalized spacial score (nSPS) is 17.3. The maximum atomic E-state index is 13.2. The van der Waals surface area contributed by atoms with Crippen LogP contribution in [-0.2, 0) is 0 Å². The third-order valence-electron chi connectivity index (χ3n) is 3.43. The Morgan fingerprint density at radius 2 is 2.05 bits per heavy atom. The lowest BCUT2D eigenvalue weighted by Gasteiger charge is -2.34. The van der Waals surface area contributed by atoms with E-state index >= 15 is 0 Å². The van der Waals surface area contributed by atoms with Gasteiger partial charge in [-0.2, -0.15) is 0 Å². The Balaban J connectivity index is 1.74. The summed E-state index contributed by atoms with van der Waals surface area (Å²) < 4.78 is 14.2. The van der Waals surface area contributed by atoms with Gasteiger partial charge in [0.15, 0.2) is 5.13 Å². The summed E-state index contributed by atoms with van der Waals surface area (Å²) in [5, 5.41) is 0.994. The maximum absolute atomic E-state index is 13.2. The molecule has 0 unspecified atom stereocenters. The quantitative estimate of drug-likeness (QED) is 0.926. The highest BCUT2D eigenvalue weighted by atomic mass is 32.1. The van der Waals surface area contributed by atoms with Gasteiger partial charge in [-0.15, -0.1) is 0 Å². The molecule has 0 radical (unpaired) electrons. The highest BCUT2D eigenvalue weighted by Gasteiger charge is 2.19. The number of benzene rings is 1. The predicted molar refractivity (Wildman–Crippen MR) is 77.3 cm³/mol. The molecule has 1 saturated heterocycles. The minimum Gasteiger partial charge on any atom is -0.345 e. The third kappa shape index (κ3) is 2.70. The Morgan fingerprint density at radius 3 is 2.79 bits per heavy atom. The van der Waals surface area contributed by atoms with Crippen LogP contribution in [0.3, 0.4) is 0 Å². The van der Waals surface area contributed by atoms with E-state index in [-0.39, 0.29) is 5.82 Å². The average Bonchev–Trinajstić information content (AvgIpc) is 2.83. The molecule has 3 rings (SSSR count). The highest BCUT2D eigenvalue weighted by molar-refractivity contribution is 7.22. The maximum Gasteiger partial charge on any atom is 0.186 e. The van der Waals surface area contributed by atoms with Gasteiger partial charge in [0.1, 0.15) is 5.82 Å². The van der Waals surface area contributed by atoms with Crippen molar-refractivity contribution in [2.24, 2.45) is 5.73 Å². The largest absolute Gasteiger partial charge is 0.345 e. The molecular formula is C13H17FN4S. The fourth-order valence-electron chi connectivity index (χ4n) is 2.37. The molecule has 0 spiro atoms. The van der Waals surface area contributed by atoms with Crippen LogP contribution in [-0.4, -0.2) is 49.2 Å². The number of nitrogens with zero attached hydrogens (tertiary/aromatic N) is 3. The number of thiazole rings is 1. The minimum absolute atomic E-state index is 0.225. The van der Waals surface area contributed by atoms with Crippen molar-refractivity contribution in [2.75, 3.05) is 44.2 Å². The lowest BCUT2D eigenvalue weighted by molar-refractivity contribution is 0.265. The number of hydrogen-bond donors (Lipinski definition) is 1. The Kier molecular flexibility index (Phi) is 3.63. The summed E-state index contributed by atoms with van der Waals surface area (Å²) in [6.45, 7) is 5.62. The van der Waals surface area contributed by atoms with Crippen molar-refractivity contribution in [1.29, 1.82) is 0 Å². The average molecular weight is 280 g/mol. The van der Waals surface area contributed by atoms with Crippen molar-refractivity contribution < 1.29 is 4.39 Å². The Labute approximate surface area is 115 Å². The van der Waals surface area contributed by atoms with Gasteiger partial charge in [-0.25, -0.2) is 9.37 Å². The first-order chi connectivity index (χ1) is 9.26. The van der Waals surface area contributed by atoms with Gasteiger partial charge >= 0.3 is 0 Å². The van der Waals surface area contributed by atoms with Crippen LogP contribution >= 0.6 is 11.3 Å². The zero-order valence-corrected chi connectivity index (χ0v) is 11.5. The van der Waals surface area contributed by atoms with Crippen molar-refractivity contribution in [3.05, 3.63) is 24.0 Å². The van der Waals surface area contributed by atoms with Crippen LogP contribution in [0.15, 0.2) is 18.2 Å². The summed E-state index contributed by atoms with van der Waals surface area (Å²) in [7, 11) is 0. The molecular weight excluding hydrogens is 263 g/mol. The molecule has 1 aliphatic rings. The van der Waals surface area contributed by atoms with Crippen molar-refractivity contribution in [2.45, 2.75) is 0 Å². The standard InChI is InChI=1S/C13H17FN4S/c14-10-1-2-12-11(9-10)16-13(19-12)18-7-5-17(4-3-15)6-8-18/h1-2,9H,3-8,15H2. The molecule has 1 fully saturated rings. The fourth-order valence-corrected chi connectivity index (χ4v) is 3.37. The summed E-state index contributed by atoms with van der Waals surface area (Å²) >= 11 is 1.63. The Bertz CT molecular complexity index is 563. The minimum atomic E-state index is -0.225. The van der Waals surface area contributed by atoms with Crippen molar-refractivity contribution in [3.63, 3.8) is 0 Å². The van der Waals surface area contributed by atoms with Crippen LogP contribution in [0.4, 0.5) is 9.52 Å². The number of rotatable bonds is 3. The van der Waals surface area contributed by atoms with E-state index in [0.717, 1.165) is 48.1 Å². The van der Waals surface area contributed by atoms with E-state index in [0.29, 0.717) is 6.54 Å². The van der Waals surface area contributed by atoms with E-state index in [9.17, 15) is 4.39 Å². The van der Waals surface area contributed by atoms with E-state index in [4.69, 9.17) is 5.73 Å². The lowest BCUT2D eigenvalue weighted by atomic mass is 10.3. The van der Waals surface area contributed by atoms with Crippen LogP contribution in [0.2, 0.25) is 0 Å². The second-order valence-corrected chi connectivity index (χ2v) is 5.73. The molecule has 0 aliphatic carbocycles. The highest BCUT2D eigenvalue weighted by Crippen LogP contribution is 2.29. The Morgan fingerprint density at radius 1 is 1.26 bits per heavy atom. The van der Waals surface area contributed by atoms with Gasteiger partial charge in [-0.05, 0) is 12.1 Å². The first kappa shape index (κ1) is 12.8. The first-order valence-corrected chi connectivity index (χ1v) is 7.31. The van der Waals surface area contributed by atoms with E-state index in [1.807, 2.05) is 0 Å². The summed E-state index contributed by atoms with van der Waals surface area (Å²) in [5.74, 6) is -0.225. The van der Waals surface area contributed by atoms with Gasteiger partial charge in [0.25, 0.3) is 0 Å². The van der Waals surface area contributed by atoms with Gasteiger partial charge in [-0.3, -0.25) is 4.90 Å². The molecule has 1 aliphatic heterocycles. The number of hydrogen-bond acceptors (Lipinski definition) is 5. The molecule has 2 aromatic rings. The van der Waals surface area contributed by atoms with E-state index < -0.39 is 0 Å². The van der Waals surface area contributed by atoms with Gasteiger partial charge in [-0.1, -0.05) is 11.3 Å². The molecule has 1 aromatic heterocycles.